The largest absolute Gasteiger partial charge is 0.480 e. The van der Waals surface area contributed by atoms with E-state index in [-0.39, 0.29) is 48.7 Å². The highest BCUT2D eigenvalue weighted by Gasteiger charge is 2.36. The summed E-state index contributed by atoms with van der Waals surface area (Å²) in [5, 5.41) is 12.4. The number of carboxylic acid groups (broad SMARTS) is 1. The van der Waals surface area contributed by atoms with E-state index in [1.807, 2.05) is 63.1 Å². The fraction of sp³-hybridized carbons (Fsp3) is 0.706. The van der Waals surface area contributed by atoms with Crippen LogP contribution in [-0.4, -0.2) is 95.9 Å². The average molecular weight is 603 g/mol. The molecule has 1 fully saturated rings. The van der Waals surface area contributed by atoms with Gasteiger partial charge in [0.2, 0.25) is 17.7 Å². The number of carboxylic acids is 1. The predicted molar refractivity (Wildman–Crippen MR) is 173 cm³/mol. The number of hydrogen-bond acceptors (Lipinski definition) is 5. The van der Waals surface area contributed by atoms with E-state index < -0.39 is 17.4 Å². The first-order chi connectivity index (χ1) is 20.0. The van der Waals surface area contributed by atoms with Crippen molar-refractivity contribution >= 4 is 23.7 Å². The third-order valence-electron chi connectivity index (χ3n) is 8.20. The second kappa shape index (κ2) is 18.0. The molecule has 3 atom stereocenters. The van der Waals surface area contributed by atoms with Crippen molar-refractivity contribution in [3.8, 4) is 0 Å². The van der Waals surface area contributed by atoms with Crippen molar-refractivity contribution in [1.82, 2.24) is 20.0 Å². The molecular weight excluding hydrogens is 544 g/mol. The summed E-state index contributed by atoms with van der Waals surface area (Å²) in [5.74, 6) is -0.868. The maximum atomic E-state index is 13.2. The van der Waals surface area contributed by atoms with Crippen LogP contribution < -0.4 is 5.32 Å². The van der Waals surface area contributed by atoms with Gasteiger partial charge in [0.15, 0.2) is 0 Å². The van der Waals surface area contributed by atoms with Gasteiger partial charge in [-0.1, -0.05) is 85.7 Å². The maximum absolute atomic E-state index is 13.2. The Hall–Kier alpha value is -2.94. The Kier molecular flexibility index (Phi) is 15.9. The van der Waals surface area contributed by atoms with E-state index in [0.717, 1.165) is 24.3 Å². The molecule has 1 aromatic rings. The summed E-state index contributed by atoms with van der Waals surface area (Å²) in [6, 6.07) is 8.97. The van der Waals surface area contributed by atoms with Gasteiger partial charge in [-0.2, -0.15) is 0 Å². The Morgan fingerprint density at radius 1 is 1.02 bits per heavy atom. The van der Waals surface area contributed by atoms with Crippen LogP contribution in [0.5, 0.6) is 0 Å². The van der Waals surface area contributed by atoms with E-state index in [2.05, 4.69) is 39.9 Å². The van der Waals surface area contributed by atoms with Crippen LogP contribution in [-0.2, 0) is 24.6 Å². The zero-order valence-corrected chi connectivity index (χ0v) is 28.4. The van der Waals surface area contributed by atoms with E-state index in [1.54, 1.807) is 11.9 Å². The number of likely N-dealkylation sites (N-methyl/N-ethyl adjacent to an activating group) is 2. The van der Waals surface area contributed by atoms with Crippen molar-refractivity contribution < 1.29 is 24.3 Å². The summed E-state index contributed by atoms with van der Waals surface area (Å²) in [5.41, 5.74) is 0.686. The second-order valence-electron chi connectivity index (χ2n) is 13.4. The average Bonchev–Trinajstić information content (AvgIpc) is 2.94. The SMILES string of the molecule is CC(C)C.CC[C@H](C(=O)NCC(=O)N(C)[C@H](CN(C)CC(=O)N1CCCCC1C(=O)O)C(C)C)C(C)(C)c1ccccc1. The smallest absolute Gasteiger partial charge is 0.326 e. The number of likely N-dealkylation sites (tertiary alicyclic amines) is 1. The summed E-state index contributed by atoms with van der Waals surface area (Å²) in [6.07, 6.45) is 2.73. The predicted octanol–water partition coefficient (Wildman–Crippen LogP) is 4.65. The molecule has 2 rings (SSSR count). The van der Waals surface area contributed by atoms with Gasteiger partial charge in [0.25, 0.3) is 0 Å². The van der Waals surface area contributed by atoms with Crippen molar-refractivity contribution in [2.45, 2.75) is 98.6 Å². The highest BCUT2D eigenvalue weighted by Crippen LogP contribution is 2.34. The minimum Gasteiger partial charge on any atom is -0.480 e. The summed E-state index contributed by atoms with van der Waals surface area (Å²) in [4.78, 5) is 55.8. The van der Waals surface area contributed by atoms with Crippen LogP contribution in [0.2, 0.25) is 0 Å². The number of carbonyl (C=O) groups is 4. The molecule has 0 spiro atoms. The topological polar surface area (TPSA) is 110 Å². The molecule has 3 amide bonds. The molecule has 43 heavy (non-hydrogen) atoms. The molecule has 0 radical (unpaired) electrons. The highest BCUT2D eigenvalue weighted by molar-refractivity contribution is 5.87. The van der Waals surface area contributed by atoms with Gasteiger partial charge < -0.3 is 20.2 Å². The number of nitrogens with zero attached hydrogens (tertiary/aromatic N) is 3. The molecule has 0 aliphatic carbocycles. The third kappa shape index (κ3) is 11.9. The molecule has 1 heterocycles. The first-order valence-electron chi connectivity index (χ1n) is 15.8. The van der Waals surface area contributed by atoms with E-state index in [4.69, 9.17) is 0 Å². The zero-order chi connectivity index (χ0) is 32.9. The van der Waals surface area contributed by atoms with Crippen LogP contribution in [0.1, 0.15) is 86.6 Å². The van der Waals surface area contributed by atoms with Crippen LogP contribution in [0.25, 0.3) is 0 Å². The lowest BCUT2D eigenvalue weighted by Crippen LogP contribution is -2.53. The fourth-order valence-electron chi connectivity index (χ4n) is 5.66. The standard InChI is InChI=1S/C30H48N4O5.C4H10/c1-8-23(30(4,5)22-14-10-9-11-15-22)28(37)31-18-26(35)33(7)25(21(2)3)19-32(6)20-27(36)34-17-13-12-16-24(34)29(38)39;1-4(2)3/h9-11,14-15,21,23-25H,8,12-13,16-20H2,1-7H3,(H,31,37)(H,38,39);4H,1-3H3/t23-,24?,25-;/m1./s1. The minimum atomic E-state index is -0.962. The van der Waals surface area contributed by atoms with Crippen molar-refractivity contribution in [2.24, 2.45) is 17.8 Å². The van der Waals surface area contributed by atoms with E-state index in [1.165, 1.54) is 4.90 Å². The first-order valence-corrected chi connectivity index (χ1v) is 15.8. The number of carbonyl (C=O) groups excluding carboxylic acids is 3. The minimum absolute atomic E-state index is 0.0819. The zero-order valence-electron chi connectivity index (χ0n) is 28.4. The number of aliphatic carboxylic acids is 1. The van der Waals surface area contributed by atoms with E-state index >= 15 is 0 Å². The molecule has 1 aromatic carbocycles. The molecule has 0 aromatic heterocycles. The van der Waals surface area contributed by atoms with Gasteiger partial charge >= 0.3 is 5.97 Å². The van der Waals surface area contributed by atoms with Gasteiger partial charge in [0, 0.05) is 37.5 Å². The van der Waals surface area contributed by atoms with Crippen molar-refractivity contribution in [1.29, 1.82) is 0 Å². The Bertz CT molecular complexity index is 1020. The molecule has 0 saturated carbocycles. The van der Waals surface area contributed by atoms with Crippen LogP contribution in [0.15, 0.2) is 30.3 Å². The Morgan fingerprint density at radius 3 is 2.12 bits per heavy atom. The maximum Gasteiger partial charge on any atom is 0.326 e. The lowest BCUT2D eigenvalue weighted by molar-refractivity contribution is -0.152. The van der Waals surface area contributed by atoms with Crippen molar-refractivity contribution in [3.63, 3.8) is 0 Å². The first kappa shape index (κ1) is 38.1. The molecule has 1 aliphatic heterocycles. The van der Waals surface area contributed by atoms with E-state index in [9.17, 15) is 24.3 Å². The summed E-state index contributed by atoms with van der Waals surface area (Å²) in [6.45, 7) is 17.5. The van der Waals surface area contributed by atoms with Crippen LogP contribution >= 0.6 is 0 Å². The molecule has 1 unspecified atom stereocenters. The quantitative estimate of drug-likeness (QED) is 0.340. The molecule has 2 N–H and O–H groups in total. The number of benzene rings is 1. The van der Waals surface area contributed by atoms with E-state index in [0.29, 0.717) is 25.9 Å². The number of rotatable bonds is 13. The second-order valence-corrected chi connectivity index (χ2v) is 13.4. The fourth-order valence-corrected chi connectivity index (χ4v) is 5.66. The van der Waals surface area contributed by atoms with Gasteiger partial charge in [0.05, 0.1) is 13.1 Å². The van der Waals surface area contributed by atoms with Gasteiger partial charge in [-0.05, 0) is 50.1 Å². The molecule has 1 saturated heterocycles. The lowest BCUT2D eigenvalue weighted by atomic mass is 9.71. The molecule has 9 nitrogen and oxygen atoms in total. The van der Waals surface area contributed by atoms with Gasteiger partial charge in [-0.3, -0.25) is 19.3 Å². The Morgan fingerprint density at radius 2 is 1.60 bits per heavy atom. The van der Waals surface area contributed by atoms with Gasteiger partial charge in [-0.25, -0.2) is 4.79 Å². The molecule has 9 heteroatoms. The molecule has 1 aliphatic rings. The summed E-state index contributed by atoms with van der Waals surface area (Å²) in [7, 11) is 3.54. The Balaban J connectivity index is 0.00000217. The monoisotopic (exact) mass is 602 g/mol. The third-order valence-corrected chi connectivity index (χ3v) is 8.20. The van der Waals surface area contributed by atoms with Crippen molar-refractivity contribution in [3.05, 3.63) is 35.9 Å². The number of amides is 3. The van der Waals surface area contributed by atoms with Gasteiger partial charge in [0.1, 0.15) is 6.04 Å². The van der Waals surface area contributed by atoms with Crippen LogP contribution in [0, 0.1) is 17.8 Å². The molecular formula is C34H58N4O5. The summed E-state index contributed by atoms with van der Waals surface area (Å²) >= 11 is 0. The molecule has 244 valence electrons. The highest BCUT2D eigenvalue weighted by atomic mass is 16.4. The van der Waals surface area contributed by atoms with Gasteiger partial charge in [-0.15, -0.1) is 0 Å². The summed E-state index contributed by atoms with van der Waals surface area (Å²) < 4.78 is 0. The molecule has 0 bridgehead atoms. The van der Waals surface area contributed by atoms with Crippen LogP contribution in [0.3, 0.4) is 0 Å². The normalized spacial score (nSPS) is 16.8. The number of hydrogen-bond donors (Lipinski definition) is 2. The Labute approximate surface area is 260 Å². The number of piperidine rings is 1. The number of nitrogens with one attached hydrogen (secondary N) is 1. The van der Waals surface area contributed by atoms with Crippen LogP contribution in [0.4, 0.5) is 0 Å². The lowest BCUT2D eigenvalue weighted by Gasteiger charge is -2.37. The van der Waals surface area contributed by atoms with Crippen molar-refractivity contribution in [2.75, 3.05) is 40.3 Å².